The normalized spacial score (nSPS) is 10.0. The highest BCUT2D eigenvalue weighted by Gasteiger charge is 2.06. The molecule has 0 fully saturated rings. The van der Waals surface area contributed by atoms with Crippen LogP contribution in [-0.4, -0.2) is 5.91 Å². The van der Waals surface area contributed by atoms with Gasteiger partial charge in [0.15, 0.2) is 0 Å². The van der Waals surface area contributed by atoms with Crippen LogP contribution in [0.3, 0.4) is 0 Å². The van der Waals surface area contributed by atoms with Crippen molar-refractivity contribution in [2.75, 3.05) is 5.32 Å². The third-order valence-electron chi connectivity index (χ3n) is 2.23. The Morgan fingerprint density at radius 2 is 1.88 bits per heavy atom. The summed E-state index contributed by atoms with van der Waals surface area (Å²) in [5.41, 5.74) is 1.41. The monoisotopic (exact) mass is 227 g/mol. The third-order valence-corrected chi connectivity index (χ3v) is 2.23. The summed E-state index contributed by atoms with van der Waals surface area (Å²) in [7, 11) is 0. The van der Waals surface area contributed by atoms with Crippen LogP contribution in [0.5, 0.6) is 0 Å². The number of carbonyl (C=O) groups is 1. The number of rotatable bonds is 2. The van der Waals surface area contributed by atoms with Crippen LogP contribution in [0.2, 0.25) is 0 Å². The van der Waals surface area contributed by atoms with Gasteiger partial charge in [-0.3, -0.25) is 4.79 Å². The summed E-state index contributed by atoms with van der Waals surface area (Å²) >= 11 is 0. The molecule has 0 saturated carbocycles. The molecule has 0 saturated heterocycles. The van der Waals surface area contributed by atoms with Crippen molar-refractivity contribution in [3.05, 3.63) is 72.4 Å². The molecule has 2 aromatic rings. The standard InChI is InChI=1S/C14H10FNO/c1-10-4-2-7-13(8-10)16-14(17)11-5-3-6-12(15)9-11/h1-9H,(H,16,17). The van der Waals surface area contributed by atoms with E-state index in [4.69, 9.17) is 6.92 Å². The van der Waals surface area contributed by atoms with E-state index in [1.165, 1.54) is 18.2 Å². The Bertz CT molecular complexity index is 551. The molecule has 1 amide bonds. The Morgan fingerprint density at radius 3 is 2.59 bits per heavy atom. The predicted octanol–water partition coefficient (Wildman–Crippen LogP) is 3.14. The molecule has 17 heavy (non-hydrogen) atoms. The third kappa shape index (κ3) is 2.91. The largest absolute Gasteiger partial charge is 0.322 e. The second kappa shape index (κ2) is 4.78. The number of hydrogen-bond donors (Lipinski definition) is 1. The van der Waals surface area contributed by atoms with E-state index in [0.29, 0.717) is 11.3 Å². The second-order valence-corrected chi connectivity index (χ2v) is 3.59. The molecule has 1 N–H and O–H groups in total. The van der Waals surface area contributed by atoms with Crippen LogP contribution in [0.15, 0.2) is 48.5 Å². The highest BCUT2D eigenvalue weighted by Crippen LogP contribution is 2.12. The van der Waals surface area contributed by atoms with Crippen molar-refractivity contribution in [1.82, 2.24) is 0 Å². The fourth-order valence-corrected chi connectivity index (χ4v) is 1.45. The molecule has 2 rings (SSSR count). The van der Waals surface area contributed by atoms with Crippen molar-refractivity contribution in [2.45, 2.75) is 0 Å². The Kier molecular flexibility index (Phi) is 3.19. The summed E-state index contributed by atoms with van der Waals surface area (Å²) in [5.74, 6) is -0.805. The average Bonchev–Trinajstić information content (AvgIpc) is 2.29. The molecular weight excluding hydrogens is 217 g/mol. The predicted molar refractivity (Wildman–Crippen MR) is 64.2 cm³/mol. The van der Waals surface area contributed by atoms with Gasteiger partial charge in [0.2, 0.25) is 0 Å². The molecule has 0 aliphatic heterocycles. The molecule has 84 valence electrons. The summed E-state index contributed by atoms with van der Waals surface area (Å²) in [4.78, 5) is 11.8. The second-order valence-electron chi connectivity index (χ2n) is 3.59. The van der Waals surface area contributed by atoms with Crippen LogP contribution in [0.25, 0.3) is 0 Å². The van der Waals surface area contributed by atoms with Crippen molar-refractivity contribution in [3.63, 3.8) is 0 Å². The van der Waals surface area contributed by atoms with Crippen molar-refractivity contribution in [2.24, 2.45) is 0 Å². The molecule has 0 bridgehead atoms. The van der Waals surface area contributed by atoms with Crippen LogP contribution in [0.4, 0.5) is 10.1 Å². The Hall–Kier alpha value is -2.16. The average molecular weight is 227 g/mol. The van der Waals surface area contributed by atoms with E-state index in [-0.39, 0.29) is 11.5 Å². The summed E-state index contributed by atoms with van der Waals surface area (Å²) in [6.45, 7) is 5.59. The zero-order chi connectivity index (χ0) is 12.3. The molecular formula is C14H10FNO. The lowest BCUT2D eigenvalue weighted by molar-refractivity contribution is 0.102. The molecule has 2 nitrogen and oxygen atoms in total. The Morgan fingerprint density at radius 1 is 1.12 bits per heavy atom. The molecule has 3 heteroatoms. The molecule has 0 heterocycles. The van der Waals surface area contributed by atoms with E-state index in [0.717, 1.165) is 0 Å². The van der Waals surface area contributed by atoms with Gasteiger partial charge >= 0.3 is 0 Å². The Balaban J connectivity index is 2.17. The molecule has 0 aromatic heterocycles. The van der Waals surface area contributed by atoms with Gasteiger partial charge in [0.25, 0.3) is 5.91 Å². The van der Waals surface area contributed by atoms with Gasteiger partial charge in [-0.15, -0.1) is 0 Å². The van der Waals surface area contributed by atoms with Gasteiger partial charge in [-0.1, -0.05) is 18.2 Å². The maximum atomic E-state index is 12.9. The molecule has 2 aromatic carbocycles. The summed E-state index contributed by atoms with van der Waals surface area (Å²) in [6, 6.07) is 12.3. The van der Waals surface area contributed by atoms with Gasteiger partial charge in [-0.2, -0.15) is 0 Å². The SMILES string of the molecule is [CH]c1cccc(NC(=O)c2cccc(F)c2)c1. The number of benzene rings is 2. The van der Waals surface area contributed by atoms with Crippen molar-refractivity contribution in [3.8, 4) is 0 Å². The molecule has 2 radical (unpaired) electrons. The minimum Gasteiger partial charge on any atom is -0.322 e. The number of anilines is 1. The van der Waals surface area contributed by atoms with E-state index in [1.54, 1.807) is 30.3 Å². The first-order valence-electron chi connectivity index (χ1n) is 5.07. The van der Waals surface area contributed by atoms with Crippen LogP contribution >= 0.6 is 0 Å². The molecule has 0 aliphatic rings. The number of carbonyl (C=O) groups excluding carboxylic acids is 1. The molecule has 0 unspecified atom stereocenters. The maximum absolute atomic E-state index is 12.9. The number of nitrogens with one attached hydrogen (secondary N) is 1. The first kappa shape index (κ1) is 11.3. The van der Waals surface area contributed by atoms with Crippen LogP contribution < -0.4 is 5.32 Å². The summed E-state index contributed by atoms with van der Waals surface area (Å²) < 4.78 is 12.9. The number of hydrogen-bond acceptors (Lipinski definition) is 1. The van der Waals surface area contributed by atoms with Crippen LogP contribution in [0.1, 0.15) is 15.9 Å². The number of amides is 1. The minimum absolute atomic E-state index is 0.271. The van der Waals surface area contributed by atoms with Crippen molar-refractivity contribution >= 4 is 11.6 Å². The fourth-order valence-electron chi connectivity index (χ4n) is 1.45. The van der Waals surface area contributed by atoms with E-state index < -0.39 is 5.82 Å². The number of halogens is 1. The van der Waals surface area contributed by atoms with Gasteiger partial charge in [0.05, 0.1) is 0 Å². The van der Waals surface area contributed by atoms with Crippen molar-refractivity contribution in [1.29, 1.82) is 0 Å². The van der Waals surface area contributed by atoms with Crippen molar-refractivity contribution < 1.29 is 9.18 Å². The smallest absolute Gasteiger partial charge is 0.255 e. The van der Waals surface area contributed by atoms with Gasteiger partial charge in [-0.25, -0.2) is 4.39 Å². The zero-order valence-electron chi connectivity index (χ0n) is 8.98. The van der Waals surface area contributed by atoms with Gasteiger partial charge in [-0.05, 0) is 42.8 Å². The van der Waals surface area contributed by atoms with Gasteiger partial charge in [0, 0.05) is 11.3 Å². The lowest BCUT2D eigenvalue weighted by Gasteiger charge is -2.05. The maximum Gasteiger partial charge on any atom is 0.255 e. The molecule has 0 aliphatic carbocycles. The topological polar surface area (TPSA) is 29.1 Å². The fraction of sp³-hybridized carbons (Fsp3) is 0. The zero-order valence-corrected chi connectivity index (χ0v) is 8.98. The minimum atomic E-state index is -0.440. The molecule has 0 atom stereocenters. The summed E-state index contributed by atoms with van der Waals surface area (Å²) in [6.07, 6.45) is 0. The van der Waals surface area contributed by atoms with E-state index in [9.17, 15) is 9.18 Å². The first-order valence-corrected chi connectivity index (χ1v) is 5.07. The summed E-state index contributed by atoms with van der Waals surface area (Å²) in [5, 5.41) is 2.64. The quantitative estimate of drug-likeness (QED) is 0.839. The van der Waals surface area contributed by atoms with Gasteiger partial charge in [0.1, 0.15) is 5.82 Å². The van der Waals surface area contributed by atoms with Gasteiger partial charge < -0.3 is 5.32 Å². The lowest BCUT2D eigenvalue weighted by Crippen LogP contribution is -2.11. The highest BCUT2D eigenvalue weighted by atomic mass is 19.1. The van der Waals surface area contributed by atoms with Crippen LogP contribution in [0, 0.1) is 12.7 Å². The Labute approximate surface area is 99.1 Å². The van der Waals surface area contributed by atoms with E-state index >= 15 is 0 Å². The molecule has 0 spiro atoms. The van der Waals surface area contributed by atoms with E-state index in [1.807, 2.05) is 0 Å². The lowest BCUT2D eigenvalue weighted by atomic mass is 10.2. The van der Waals surface area contributed by atoms with E-state index in [2.05, 4.69) is 5.32 Å². The van der Waals surface area contributed by atoms with Crippen LogP contribution in [-0.2, 0) is 0 Å². The highest BCUT2D eigenvalue weighted by molar-refractivity contribution is 6.04. The first-order chi connectivity index (χ1) is 8.15.